The summed E-state index contributed by atoms with van der Waals surface area (Å²) in [7, 11) is 0.743. The van der Waals surface area contributed by atoms with Crippen LogP contribution in [0.5, 0.6) is 0 Å². The van der Waals surface area contributed by atoms with Gasteiger partial charge in [0.25, 0.3) is 0 Å². The van der Waals surface area contributed by atoms with Gasteiger partial charge in [0.15, 0.2) is 10.7 Å². The molecule has 1 heterocycles. The third kappa shape index (κ3) is 4.80. The maximum absolute atomic E-state index is 14.8. The van der Waals surface area contributed by atoms with Crippen LogP contribution in [0.2, 0.25) is 0 Å². The van der Waals surface area contributed by atoms with Crippen molar-refractivity contribution in [2.45, 2.75) is 64.1 Å². The first kappa shape index (κ1) is 24.2. The number of allylic oxidation sites excluding steroid dienone is 1. The Hall–Kier alpha value is -2.47. The van der Waals surface area contributed by atoms with Crippen molar-refractivity contribution in [1.29, 1.82) is 5.26 Å². The highest BCUT2D eigenvalue weighted by molar-refractivity contribution is 8.07. The standard InChI is InChI=1S/C23H24F4N2O2S/c1-13-9-15-11-22(7-5-4-6-8-22)29-19(16(15)10-14(13)2)17(12-28)32-20(24)18(21(30)31-3)23(25,26)27/h9-10,29H,4-8,11H2,1-3H3. The van der Waals surface area contributed by atoms with Gasteiger partial charge in [-0.2, -0.15) is 22.8 Å². The summed E-state index contributed by atoms with van der Waals surface area (Å²) in [5.74, 6) is -1.84. The van der Waals surface area contributed by atoms with E-state index in [1.807, 2.05) is 32.0 Å². The minimum atomic E-state index is -5.26. The molecule has 1 saturated carbocycles. The number of thioether (sulfide) groups is 1. The van der Waals surface area contributed by atoms with E-state index in [0.29, 0.717) is 11.3 Å². The fraction of sp³-hybridized carbons (Fsp3) is 0.478. The first-order chi connectivity index (χ1) is 15.0. The Balaban J connectivity index is 2.17. The summed E-state index contributed by atoms with van der Waals surface area (Å²) in [6.07, 6.45) is 0.236. The van der Waals surface area contributed by atoms with E-state index in [4.69, 9.17) is 0 Å². The van der Waals surface area contributed by atoms with Gasteiger partial charge in [0.05, 0.1) is 12.8 Å². The van der Waals surface area contributed by atoms with Crippen LogP contribution in [-0.2, 0) is 16.0 Å². The molecule has 0 bridgehead atoms. The Kier molecular flexibility index (Phi) is 6.94. The lowest BCUT2D eigenvalue weighted by Gasteiger charge is -2.44. The summed E-state index contributed by atoms with van der Waals surface area (Å²) >= 11 is -0.000989. The summed E-state index contributed by atoms with van der Waals surface area (Å²) in [6.45, 7) is 3.87. The quantitative estimate of drug-likeness (QED) is 0.255. The monoisotopic (exact) mass is 468 g/mol. The summed E-state index contributed by atoms with van der Waals surface area (Å²) in [4.78, 5) is 11.3. The van der Waals surface area contributed by atoms with Gasteiger partial charge in [-0.15, -0.1) is 0 Å². The number of nitriles is 1. The molecule has 1 aliphatic heterocycles. The average molecular weight is 469 g/mol. The summed E-state index contributed by atoms with van der Waals surface area (Å²) in [6, 6.07) is 5.75. The molecule has 0 aromatic heterocycles. The van der Waals surface area contributed by atoms with E-state index in [0.717, 1.165) is 62.3 Å². The van der Waals surface area contributed by atoms with Crippen LogP contribution in [0.25, 0.3) is 5.70 Å². The molecule has 172 valence electrons. The maximum Gasteiger partial charge on any atom is 0.426 e. The summed E-state index contributed by atoms with van der Waals surface area (Å²) in [5.41, 5.74) is 1.59. The summed E-state index contributed by atoms with van der Waals surface area (Å²) in [5, 5.41) is 11.4. The molecule has 1 N–H and O–H groups in total. The SMILES string of the molecule is COC(=O)C(=C(F)SC(C#N)=C1NC2(CCCCC2)Cc2cc(C)c(C)cc21)C(F)(F)F. The second kappa shape index (κ2) is 9.18. The van der Waals surface area contributed by atoms with Crippen molar-refractivity contribution in [3.05, 3.63) is 50.0 Å². The van der Waals surface area contributed by atoms with Crippen molar-refractivity contribution >= 4 is 23.4 Å². The number of methoxy groups -OCH3 is 1. The molecule has 32 heavy (non-hydrogen) atoms. The minimum Gasteiger partial charge on any atom is -0.465 e. The second-order valence-electron chi connectivity index (χ2n) is 8.29. The molecule has 0 amide bonds. The zero-order valence-corrected chi connectivity index (χ0v) is 18.9. The molecule has 9 heteroatoms. The number of ether oxygens (including phenoxy) is 1. The lowest BCUT2D eigenvalue weighted by molar-refractivity contribution is -0.148. The molecular weight excluding hydrogens is 444 g/mol. The van der Waals surface area contributed by atoms with Crippen LogP contribution in [0, 0.1) is 25.2 Å². The molecule has 4 nitrogen and oxygen atoms in total. The Morgan fingerprint density at radius 2 is 1.81 bits per heavy atom. The highest BCUT2D eigenvalue weighted by Gasteiger charge is 2.44. The van der Waals surface area contributed by atoms with Gasteiger partial charge in [0.1, 0.15) is 11.0 Å². The number of carbonyl (C=O) groups is 1. The van der Waals surface area contributed by atoms with Crippen LogP contribution in [0.4, 0.5) is 17.6 Å². The molecule has 1 aromatic rings. The van der Waals surface area contributed by atoms with Crippen molar-refractivity contribution < 1.29 is 27.1 Å². The topological polar surface area (TPSA) is 62.1 Å². The van der Waals surface area contributed by atoms with Gasteiger partial charge in [-0.3, -0.25) is 0 Å². The fourth-order valence-corrected chi connectivity index (χ4v) is 5.17. The zero-order valence-electron chi connectivity index (χ0n) is 18.1. The van der Waals surface area contributed by atoms with E-state index in [1.54, 1.807) is 0 Å². The van der Waals surface area contributed by atoms with Crippen LogP contribution in [0.1, 0.15) is 54.4 Å². The minimum absolute atomic E-state index is 0.000989. The number of alkyl halides is 3. The summed E-state index contributed by atoms with van der Waals surface area (Å²) < 4.78 is 58.8. The highest BCUT2D eigenvalue weighted by Crippen LogP contribution is 2.44. The molecule has 0 atom stereocenters. The highest BCUT2D eigenvalue weighted by atomic mass is 32.2. The first-order valence-corrected chi connectivity index (χ1v) is 11.1. The van der Waals surface area contributed by atoms with Crippen molar-refractivity contribution in [3.63, 3.8) is 0 Å². The molecular formula is C23H24F4N2O2S. The number of hydrogen-bond acceptors (Lipinski definition) is 5. The Bertz CT molecular complexity index is 1030. The van der Waals surface area contributed by atoms with E-state index in [2.05, 4.69) is 10.1 Å². The molecule has 0 radical (unpaired) electrons. The molecule has 1 fully saturated rings. The van der Waals surface area contributed by atoms with Crippen molar-refractivity contribution in [2.75, 3.05) is 7.11 Å². The second-order valence-corrected chi connectivity index (χ2v) is 9.26. The number of fused-ring (bicyclic) bond motifs is 1. The van der Waals surface area contributed by atoms with Crippen LogP contribution in [0.3, 0.4) is 0 Å². The van der Waals surface area contributed by atoms with Crippen molar-refractivity contribution in [2.24, 2.45) is 0 Å². The fourth-order valence-electron chi connectivity index (χ4n) is 4.39. The Labute approximate surface area is 188 Å². The van der Waals surface area contributed by atoms with Gasteiger partial charge < -0.3 is 10.1 Å². The molecule has 0 unspecified atom stereocenters. The van der Waals surface area contributed by atoms with Gasteiger partial charge in [-0.05, 0) is 67.6 Å². The molecule has 3 rings (SSSR count). The van der Waals surface area contributed by atoms with Gasteiger partial charge in [-0.25, -0.2) is 4.79 Å². The number of aryl methyl sites for hydroxylation is 2. The number of halogens is 4. The van der Waals surface area contributed by atoms with Crippen LogP contribution in [-0.4, -0.2) is 24.8 Å². The predicted octanol–water partition coefficient (Wildman–Crippen LogP) is 5.99. The molecule has 0 saturated heterocycles. The van der Waals surface area contributed by atoms with E-state index in [1.165, 1.54) is 0 Å². The number of nitrogens with one attached hydrogen (secondary N) is 1. The smallest absolute Gasteiger partial charge is 0.426 e. The molecule has 1 aromatic carbocycles. The van der Waals surface area contributed by atoms with E-state index in [9.17, 15) is 27.6 Å². The Morgan fingerprint density at radius 3 is 2.38 bits per heavy atom. The molecule has 1 spiro atoms. The number of nitrogens with zero attached hydrogens (tertiary/aromatic N) is 1. The van der Waals surface area contributed by atoms with Crippen molar-refractivity contribution in [3.8, 4) is 6.07 Å². The lowest BCUT2D eigenvalue weighted by Crippen LogP contribution is -2.50. The van der Waals surface area contributed by atoms with E-state index < -0.39 is 22.9 Å². The third-order valence-electron chi connectivity index (χ3n) is 6.11. The lowest BCUT2D eigenvalue weighted by atomic mass is 9.73. The largest absolute Gasteiger partial charge is 0.465 e. The maximum atomic E-state index is 14.8. The van der Waals surface area contributed by atoms with Gasteiger partial charge in [-0.1, -0.05) is 25.3 Å². The average Bonchev–Trinajstić information content (AvgIpc) is 2.72. The predicted molar refractivity (Wildman–Crippen MR) is 115 cm³/mol. The van der Waals surface area contributed by atoms with E-state index >= 15 is 0 Å². The number of esters is 1. The molecule has 2 aliphatic rings. The van der Waals surface area contributed by atoms with Crippen LogP contribution in [0.15, 0.2) is 27.8 Å². The number of rotatable bonds is 3. The van der Waals surface area contributed by atoms with Crippen LogP contribution >= 0.6 is 11.8 Å². The van der Waals surface area contributed by atoms with Gasteiger partial charge >= 0.3 is 12.1 Å². The Morgan fingerprint density at radius 1 is 1.19 bits per heavy atom. The number of hydrogen-bond donors (Lipinski definition) is 1. The van der Waals surface area contributed by atoms with Crippen molar-refractivity contribution in [1.82, 2.24) is 5.32 Å². The third-order valence-corrected chi connectivity index (χ3v) is 6.99. The molecule has 1 aliphatic carbocycles. The van der Waals surface area contributed by atoms with E-state index in [-0.39, 0.29) is 22.2 Å². The van der Waals surface area contributed by atoms with Gasteiger partial charge in [0, 0.05) is 11.1 Å². The first-order valence-electron chi connectivity index (χ1n) is 10.3. The van der Waals surface area contributed by atoms with Crippen LogP contribution < -0.4 is 5.32 Å². The number of carbonyl (C=O) groups excluding carboxylic acids is 1. The van der Waals surface area contributed by atoms with Gasteiger partial charge in [0.2, 0.25) is 0 Å². The zero-order chi connectivity index (χ0) is 23.7. The number of benzene rings is 1. The normalized spacial score (nSPS) is 19.9.